The van der Waals surface area contributed by atoms with Gasteiger partial charge < -0.3 is 14.2 Å². The van der Waals surface area contributed by atoms with Crippen LogP contribution < -0.4 is 14.2 Å². The van der Waals surface area contributed by atoms with Gasteiger partial charge in [-0.2, -0.15) is 26.3 Å². The highest BCUT2D eigenvalue weighted by molar-refractivity contribution is 6.09. The van der Waals surface area contributed by atoms with Crippen LogP contribution in [0.5, 0.6) is 17.2 Å². The first-order chi connectivity index (χ1) is 16.4. The summed E-state index contributed by atoms with van der Waals surface area (Å²) >= 11 is 0. The van der Waals surface area contributed by atoms with E-state index >= 15 is 0 Å². The third-order valence-corrected chi connectivity index (χ3v) is 4.34. The van der Waals surface area contributed by atoms with E-state index in [1.54, 1.807) is 0 Å². The van der Waals surface area contributed by atoms with Gasteiger partial charge in [-0.3, -0.25) is 4.79 Å². The van der Waals surface area contributed by atoms with E-state index in [4.69, 9.17) is 4.74 Å². The lowest BCUT2D eigenvalue weighted by Crippen LogP contribution is -2.19. The highest BCUT2D eigenvalue weighted by Gasteiger charge is 2.29. The Bertz CT molecular complexity index is 1150. The number of halogens is 6. The molecule has 3 aromatic rings. The normalized spacial score (nSPS) is 11.6. The molecule has 5 nitrogen and oxygen atoms in total. The second kappa shape index (κ2) is 10.5. The van der Waals surface area contributed by atoms with Crippen molar-refractivity contribution in [3.63, 3.8) is 0 Å². The van der Waals surface area contributed by atoms with Crippen LogP contribution in [0.4, 0.5) is 26.3 Å². The van der Waals surface area contributed by atoms with Crippen molar-refractivity contribution in [2.45, 2.75) is 12.4 Å². The van der Waals surface area contributed by atoms with E-state index in [0.717, 1.165) is 0 Å². The highest BCUT2D eigenvalue weighted by atomic mass is 19.4. The zero-order valence-corrected chi connectivity index (χ0v) is 17.7. The van der Waals surface area contributed by atoms with Gasteiger partial charge in [0.25, 0.3) is 0 Å². The minimum atomic E-state index is -4.48. The maximum atomic E-state index is 12.6. The Labute approximate surface area is 194 Å². The minimum absolute atomic E-state index is 0.0445. The average Bonchev–Trinajstić information content (AvgIpc) is 2.81. The summed E-state index contributed by atoms with van der Waals surface area (Å²) in [6.07, 6.45) is -8.96. The molecular formula is C24H16F6O5. The number of hydrogen-bond acceptors (Lipinski definition) is 5. The summed E-state index contributed by atoms with van der Waals surface area (Å²) in [4.78, 5) is 24.9. The Hall–Kier alpha value is -4.02. The van der Waals surface area contributed by atoms with Gasteiger partial charge in [-0.05, 0) is 60.7 Å². The quantitative estimate of drug-likeness (QED) is 0.165. The minimum Gasteiger partial charge on any atom is -0.484 e. The molecule has 184 valence electrons. The zero-order valence-electron chi connectivity index (χ0n) is 17.7. The summed E-state index contributed by atoms with van der Waals surface area (Å²) in [5, 5.41) is 0. The number of rotatable bonds is 8. The number of alkyl halides is 6. The Morgan fingerprint density at radius 3 is 1.31 bits per heavy atom. The van der Waals surface area contributed by atoms with Crippen molar-refractivity contribution >= 4 is 11.8 Å². The molecule has 0 aromatic heterocycles. The molecule has 11 heteroatoms. The Morgan fingerprint density at radius 2 is 0.886 bits per heavy atom. The Morgan fingerprint density at radius 1 is 0.543 bits per heavy atom. The van der Waals surface area contributed by atoms with Gasteiger partial charge in [-0.15, -0.1) is 0 Å². The van der Waals surface area contributed by atoms with Crippen LogP contribution in [0.3, 0.4) is 0 Å². The summed E-state index contributed by atoms with van der Waals surface area (Å²) in [7, 11) is 0. The number of ketones is 1. The predicted octanol–water partition coefficient (Wildman–Crippen LogP) is 6.02. The second-order valence-corrected chi connectivity index (χ2v) is 7.10. The summed E-state index contributed by atoms with van der Waals surface area (Å²) < 4.78 is 87.5. The van der Waals surface area contributed by atoms with Gasteiger partial charge >= 0.3 is 18.3 Å². The summed E-state index contributed by atoms with van der Waals surface area (Å²) in [5.41, 5.74) is 0.527. The molecule has 0 spiro atoms. The van der Waals surface area contributed by atoms with Gasteiger partial charge in [-0.25, -0.2) is 4.79 Å². The van der Waals surface area contributed by atoms with Crippen molar-refractivity contribution < 1.29 is 50.1 Å². The molecule has 0 heterocycles. The fourth-order valence-electron chi connectivity index (χ4n) is 2.73. The Kier molecular flexibility index (Phi) is 7.68. The van der Waals surface area contributed by atoms with Crippen molar-refractivity contribution in [2.24, 2.45) is 0 Å². The number of benzene rings is 3. The van der Waals surface area contributed by atoms with Crippen LogP contribution in [0.25, 0.3) is 0 Å². The lowest BCUT2D eigenvalue weighted by atomic mass is 10.0. The molecule has 0 saturated heterocycles. The van der Waals surface area contributed by atoms with E-state index in [9.17, 15) is 35.9 Å². The van der Waals surface area contributed by atoms with Crippen molar-refractivity contribution in [1.82, 2.24) is 0 Å². The van der Waals surface area contributed by atoms with Crippen molar-refractivity contribution in [3.8, 4) is 17.2 Å². The molecule has 0 fully saturated rings. The van der Waals surface area contributed by atoms with Gasteiger partial charge in [-0.1, -0.05) is 12.1 Å². The molecule has 0 unspecified atom stereocenters. The van der Waals surface area contributed by atoms with E-state index in [-0.39, 0.29) is 33.9 Å². The molecule has 0 amide bonds. The zero-order chi connectivity index (χ0) is 25.6. The number of esters is 1. The monoisotopic (exact) mass is 498 g/mol. The molecule has 3 rings (SSSR count). The largest absolute Gasteiger partial charge is 0.484 e. The van der Waals surface area contributed by atoms with Crippen LogP contribution in [0.1, 0.15) is 26.3 Å². The van der Waals surface area contributed by atoms with Crippen LogP contribution >= 0.6 is 0 Å². The first-order valence-electron chi connectivity index (χ1n) is 9.86. The number of ether oxygens (including phenoxy) is 3. The molecule has 0 aliphatic rings. The number of carbonyl (C=O) groups is 2. The summed E-state index contributed by atoms with van der Waals surface area (Å²) in [6.45, 7) is -2.90. The molecule has 0 aliphatic carbocycles. The molecule has 0 N–H and O–H groups in total. The molecule has 0 aliphatic heterocycles. The predicted molar refractivity (Wildman–Crippen MR) is 111 cm³/mol. The lowest BCUT2D eigenvalue weighted by Gasteiger charge is -2.10. The van der Waals surface area contributed by atoms with Crippen LogP contribution in [-0.4, -0.2) is 37.3 Å². The average molecular weight is 498 g/mol. The van der Waals surface area contributed by atoms with E-state index in [0.29, 0.717) is 0 Å². The van der Waals surface area contributed by atoms with Gasteiger partial charge in [0.1, 0.15) is 17.2 Å². The van der Waals surface area contributed by atoms with Crippen LogP contribution in [-0.2, 0) is 0 Å². The van der Waals surface area contributed by atoms with Crippen LogP contribution in [0.2, 0.25) is 0 Å². The molecule has 0 saturated carbocycles. The topological polar surface area (TPSA) is 61.8 Å². The molecule has 3 aromatic carbocycles. The fraction of sp³-hybridized carbons (Fsp3) is 0.167. The number of hydrogen-bond donors (Lipinski definition) is 0. The van der Waals surface area contributed by atoms with Gasteiger partial charge in [0, 0.05) is 11.1 Å². The number of carbonyl (C=O) groups excluding carboxylic acids is 2. The van der Waals surface area contributed by atoms with E-state index in [2.05, 4.69) is 9.47 Å². The van der Waals surface area contributed by atoms with E-state index in [1.807, 2.05) is 0 Å². The third-order valence-electron chi connectivity index (χ3n) is 4.34. The standard InChI is InChI=1S/C24H16F6O5/c25-23(26,27)13-33-18-7-5-16(6-8-18)21(31)15-1-3-17(4-2-15)22(32)35-20-11-9-19(10-12-20)34-14-24(28,29)30/h1-12H,13-14H2. The van der Waals surface area contributed by atoms with E-state index in [1.165, 1.54) is 72.8 Å². The molecule has 0 atom stereocenters. The first-order valence-corrected chi connectivity index (χ1v) is 9.86. The SMILES string of the molecule is O=C(Oc1ccc(OCC(F)(F)F)cc1)c1ccc(C(=O)c2ccc(OCC(F)(F)F)cc2)cc1. The van der Waals surface area contributed by atoms with E-state index < -0.39 is 37.3 Å². The fourth-order valence-corrected chi connectivity index (χ4v) is 2.73. The molecule has 35 heavy (non-hydrogen) atoms. The Balaban J connectivity index is 1.58. The van der Waals surface area contributed by atoms with Crippen molar-refractivity contribution in [3.05, 3.63) is 89.5 Å². The maximum absolute atomic E-state index is 12.6. The first kappa shape index (κ1) is 25.6. The van der Waals surface area contributed by atoms with Crippen LogP contribution in [0, 0.1) is 0 Å². The van der Waals surface area contributed by atoms with Crippen molar-refractivity contribution in [2.75, 3.05) is 13.2 Å². The second-order valence-electron chi connectivity index (χ2n) is 7.10. The van der Waals surface area contributed by atoms with Gasteiger partial charge in [0.05, 0.1) is 5.56 Å². The smallest absolute Gasteiger partial charge is 0.422 e. The highest BCUT2D eigenvalue weighted by Crippen LogP contribution is 2.23. The third kappa shape index (κ3) is 8.05. The summed E-state index contributed by atoms with van der Waals surface area (Å²) in [6, 6.07) is 15.5. The lowest BCUT2D eigenvalue weighted by molar-refractivity contribution is -0.154. The summed E-state index contributed by atoms with van der Waals surface area (Å²) in [5.74, 6) is -1.22. The molecule has 0 bridgehead atoms. The molecular weight excluding hydrogens is 482 g/mol. The van der Waals surface area contributed by atoms with Gasteiger partial charge in [0.2, 0.25) is 0 Å². The van der Waals surface area contributed by atoms with Crippen LogP contribution in [0.15, 0.2) is 72.8 Å². The molecule has 0 radical (unpaired) electrons. The van der Waals surface area contributed by atoms with Crippen molar-refractivity contribution in [1.29, 1.82) is 0 Å². The van der Waals surface area contributed by atoms with Gasteiger partial charge in [0.15, 0.2) is 19.0 Å². The maximum Gasteiger partial charge on any atom is 0.422 e.